The third kappa shape index (κ3) is 3.24. The highest BCUT2D eigenvalue weighted by atomic mass is 16.2. The first-order valence-corrected chi connectivity index (χ1v) is 8.05. The van der Waals surface area contributed by atoms with Crippen LogP contribution in [0.3, 0.4) is 0 Å². The summed E-state index contributed by atoms with van der Waals surface area (Å²) in [5, 5.41) is 7.37. The fourth-order valence-electron chi connectivity index (χ4n) is 3.22. The molecule has 1 fully saturated rings. The van der Waals surface area contributed by atoms with E-state index in [1.165, 1.54) is 0 Å². The zero-order valence-corrected chi connectivity index (χ0v) is 13.3. The van der Waals surface area contributed by atoms with Gasteiger partial charge in [-0.1, -0.05) is 0 Å². The van der Waals surface area contributed by atoms with Crippen molar-refractivity contribution in [1.29, 1.82) is 0 Å². The number of hydrogen-bond acceptors (Lipinski definition) is 2. The van der Waals surface area contributed by atoms with Gasteiger partial charge in [-0.2, -0.15) is 5.10 Å². The Balaban J connectivity index is 1.60. The molecular formula is C17H24N4O. The van der Waals surface area contributed by atoms with Crippen LogP contribution in [0.5, 0.6) is 0 Å². The van der Waals surface area contributed by atoms with Crippen LogP contribution < -0.4 is 0 Å². The molecule has 1 amide bonds. The van der Waals surface area contributed by atoms with Crippen molar-refractivity contribution in [1.82, 2.24) is 19.7 Å². The maximum Gasteiger partial charge on any atom is 0.224 e. The Morgan fingerprint density at radius 1 is 1.45 bits per heavy atom. The van der Waals surface area contributed by atoms with E-state index in [1.807, 2.05) is 36.4 Å². The number of aryl methyl sites for hydroxylation is 1. The van der Waals surface area contributed by atoms with Crippen molar-refractivity contribution in [3.8, 4) is 0 Å². The van der Waals surface area contributed by atoms with Crippen LogP contribution in [0.15, 0.2) is 30.6 Å². The van der Waals surface area contributed by atoms with E-state index < -0.39 is 0 Å². The monoisotopic (exact) mass is 300 g/mol. The van der Waals surface area contributed by atoms with E-state index in [1.54, 1.807) is 0 Å². The van der Waals surface area contributed by atoms with Gasteiger partial charge in [0.1, 0.15) is 0 Å². The zero-order chi connectivity index (χ0) is 15.5. The van der Waals surface area contributed by atoms with Crippen molar-refractivity contribution in [2.24, 2.45) is 0 Å². The molecule has 22 heavy (non-hydrogen) atoms. The van der Waals surface area contributed by atoms with Crippen molar-refractivity contribution >= 4 is 5.91 Å². The number of rotatable bonds is 4. The molecule has 0 bridgehead atoms. The van der Waals surface area contributed by atoms with Crippen LogP contribution in [0, 0.1) is 6.92 Å². The molecule has 0 aromatic carbocycles. The summed E-state index contributed by atoms with van der Waals surface area (Å²) >= 11 is 0. The number of piperidine rings is 1. The third-order valence-electron chi connectivity index (χ3n) is 4.52. The summed E-state index contributed by atoms with van der Waals surface area (Å²) in [5.74, 6) is 0.614. The summed E-state index contributed by atoms with van der Waals surface area (Å²) in [6.45, 7) is 5.77. The molecule has 0 spiro atoms. The van der Waals surface area contributed by atoms with Crippen molar-refractivity contribution in [2.75, 3.05) is 13.1 Å². The molecule has 1 saturated heterocycles. The number of nitrogens with one attached hydrogen (secondary N) is 1. The number of likely N-dealkylation sites (tertiary alicyclic amines) is 1. The van der Waals surface area contributed by atoms with Gasteiger partial charge in [0, 0.05) is 49.6 Å². The lowest BCUT2D eigenvalue weighted by Gasteiger charge is -2.32. The Kier molecular flexibility index (Phi) is 4.32. The number of aromatic amines is 1. The van der Waals surface area contributed by atoms with E-state index in [-0.39, 0.29) is 11.9 Å². The fourth-order valence-corrected chi connectivity index (χ4v) is 3.22. The van der Waals surface area contributed by atoms with E-state index in [2.05, 4.69) is 27.8 Å². The summed E-state index contributed by atoms with van der Waals surface area (Å²) < 4.78 is 2.09. The maximum atomic E-state index is 12.6. The van der Waals surface area contributed by atoms with Crippen molar-refractivity contribution in [3.05, 3.63) is 42.0 Å². The van der Waals surface area contributed by atoms with Gasteiger partial charge in [0.2, 0.25) is 5.91 Å². The van der Waals surface area contributed by atoms with Gasteiger partial charge in [0.05, 0.1) is 5.69 Å². The van der Waals surface area contributed by atoms with Gasteiger partial charge in [-0.15, -0.1) is 0 Å². The summed E-state index contributed by atoms with van der Waals surface area (Å²) in [6, 6.07) is 6.30. The molecule has 0 aliphatic carbocycles. The molecule has 0 unspecified atom stereocenters. The van der Waals surface area contributed by atoms with E-state index in [0.29, 0.717) is 12.3 Å². The Morgan fingerprint density at radius 3 is 2.91 bits per heavy atom. The third-order valence-corrected chi connectivity index (χ3v) is 4.52. The van der Waals surface area contributed by atoms with Crippen LogP contribution in [0.1, 0.15) is 49.5 Å². The van der Waals surface area contributed by atoms with Crippen LogP contribution in [0.4, 0.5) is 0 Å². The molecular weight excluding hydrogens is 276 g/mol. The Bertz CT molecular complexity index is 616. The number of hydrogen-bond donors (Lipinski definition) is 1. The Hall–Kier alpha value is -2.04. The highest BCUT2D eigenvalue weighted by molar-refractivity contribution is 5.76. The highest BCUT2D eigenvalue weighted by Gasteiger charge is 2.26. The molecule has 2 aromatic rings. The van der Waals surface area contributed by atoms with E-state index >= 15 is 0 Å². The standard InChI is InChI=1S/C17H24N4O/c1-13-10-16(19-18-13)15-6-5-9-21(12-15)17(22)11-14(2)20-7-3-4-8-20/h3-4,7-8,10,14-15H,5-6,9,11-12H2,1-2H3,(H,18,19)/t14-,15+/m1/s1. The summed E-state index contributed by atoms with van der Waals surface area (Å²) in [6.07, 6.45) is 6.76. The normalized spacial score (nSPS) is 20.1. The van der Waals surface area contributed by atoms with Gasteiger partial charge < -0.3 is 9.47 Å². The van der Waals surface area contributed by atoms with Gasteiger partial charge in [0.25, 0.3) is 0 Å². The first-order valence-electron chi connectivity index (χ1n) is 8.05. The lowest BCUT2D eigenvalue weighted by atomic mass is 9.94. The number of amides is 1. The predicted molar refractivity (Wildman–Crippen MR) is 85.6 cm³/mol. The number of carbonyl (C=O) groups is 1. The van der Waals surface area contributed by atoms with Gasteiger partial charge >= 0.3 is 0 Å². The molecule has 0 saturated carbocycles. The van der Waals surface area contributed by atoms with Crippen molar-refractivity contribution < 1.29 is 4.79 Å². The fraction of sp³-hybridized carbons (Fsp3) is 0.529. The molecule has 1 N–H and O–H groups in total. The van der Waals surface area contributed by atoms with Crippen LogP contribution >= 0.6 is 0 Å². The van der Waals surface area contributed by atoms with Crippen LogP contribution in [0.25, 0.3) is 0 Å². The Morgan fingerprint density at radius 2 is 2.23 bits per heavy atom. The van der Waals surface area contributed by atoms with Crippen LogP contribution in [-0.2, 0) is 4.79 Å². The van der Waals surface area contributed by atoms with Gasteiger partial charge in [-0.3, -0.25) is 9.89 Å². The van der Waals surface area contributed by atoms with Crippen LogP contribution in [0.2, 0.25) is 0 Å². The Labute approximate surface area is 131 Å². The summed E-state index contributed by atoms with van der Waals surface area (Å²) in [7, 11) is 0. The molecule has 3 rings (SSSR count). The molecule has 2 aromatic heterocycles. The van der Waals surface area contributed by atoms with E-state index in [9.17, 15) is 4.79 Å². The lowest BCUT2D eigenvalue weighted by Crippen LogP contribution is -2.39. The second-order valence-corrected chi connectivity index (χ2v) is 6.34. The first kappa shape index (κ1) is 14.9. The molecule has 1 aliphatic heterocycles. The minimum Gasteiger partial charge on any atom is -0.351 e. The quantitative estimate of drug-likeness (QED) is 0.944. The van der Waals surface area contributed by atoms with E-state index in [4.69, 9.17) is 0 Å². The number of carbonyl (C=O) groups excluding carboxylic acids is 1. The minimum atomic E-state index is 0.204. The summed E-state index contributed by atoms with van der Waals surface area (Å²) in [5.41, 5.74) is 2.17. The molecule has 0 radical (unpaired) electrons. The first-order chi connectivity index (χ1) is 10.6. The number of H-pyrrole nitrogens is 1. The van der Waals surface area contributed by atoms with Crippen molar-refractivity contribution in [3.63, 3.8) is 0 Å². The predicted octanol–water partition coefficient (Wildman–Crippen LogP) is 2.88. The van der Waals surface area contributed by atoms with Gasteiger partial charge in [0.15, 0.2) is 0 Å². The average molecular weight is 300 g/mol. The van der Waals surface area contributed by atoms with Gasteiger partial charge in [-0.25, -0.2) is 0 Å². The average Bonchev–Trinajstić information content (AvgIpc) is 3.18. The van der Waals surface area contributed by atoms with Crippen LogP contribution in [-0.4, -0.2) is 38.7 Å². The molecule has 118 valence electrons. The zero-order valence-electron chi connectivity index (χ0n) is 13.3. The second-order valence-electron chi connectivity index (χ2n) is 6.34. The molecule has 2 atom stereocenters. The SMILES string of the molecule is Cc1cc([C@H]2CCCN(C(=O)C[C@@H](C)n3cccc3)C2)n[nH]1. The highest BCUT2D eigenvalue weighted by Crippen LogP contribution is 2.27. The van der Waals surface area contributed by atoms with Crippen molar-refractivity contribution in [2.45, 2.75) is 45.1 Å². The smallest absolute Gasteiger partial charge is 0.224 e. The number of aromatic nitrogens is 3. The largest absolute Gasteiger partial charge is 0.351 e. The maximum absolute atomic E-state index is 12.6. The molecule has 1 aliphatic rings. The number of nitrogens with zero attached hydrogens (tertiary/aromatic N) is 3. The second kappa shape index (κ2) is 6.38. The van der Waals surface area contributed by atoms with E-state index in [0.717, 1.165) is 37.3 Å². The molecule has 3 heterocycles. The summed E-state index contributed by atoms with van der Waals surface area (Å²) in [4.78, 5) is 14.6. The van der Waals surface area contributed by atoms with Gasteiger partial charge in [-0.05, 0) is 44.9 Å². The molecule has 5 nitrogen and oxygen atoms in total. The lowest BCUT2D eigenvalue weighted by molar-refractivity contribution is -0.133. The molecule has 5 heteroatoms. The topological polar surface area (TPSA) is 53.9 Å². The minimum absolute atomic E-state index is 0.204.